The van der Waals surface area contributed by atoms with Crippen molar-refractivity contribution in [2.45, 2.75) is 51.9 Å². The third-order valence-corrected chi connectivity index (χ3v) is 5.96. The molecule has 1 aliphatic heterocycles. The van der Waals surface area contributed by atoms with Gasteiger partial charge in [-0.3, -0.25) is 9.69 Å². The highest BCUT2D eigenvalue weighted by Crippen LogP contribution is 2.25. The molecule has 0 aromatic heterocycles. The van der Waals surface area contributed by atoms with Crippen molar-refractivity contribution in [3.63, 3.8) is 0 Å². The number of hydrogen-bond acceptors (Lipinski definition) is 5. The van der Waals surface area contributed by atoms with Crippen LogP contribution >= 0.6 is 0 Å². The number of ether oxygens (including phenoxy) is 2. The van der Waals surface area contributed by atoms with E-state index < -0.39 is 30.1 Å². The van der Waals surface area contributed by atoms with E-state index in [1.807, 2.05) is 68.4 Å². The lowest BCUT2D eigenvalue weighted by Gasteiger charge is -2.36. The number of amides is 2. The normalized spacial score (nSPS) is 17.0. The van der Waals surface area contributed by atoms with E-state index in [0.29, 0.717) is 12.8 Å². The fraction of sp³-hybridized carbons (Fsp3) is 0.400. The van der Waals surface area contributed by atoms with E-state index in [1.165, 1.54) is 12.0 Å². The molecule has 2 amide bonds. The van der Waals surface area contributed by atoms with Gasteiger partial charge in [0.15, 0.2) is 0 Å². The lowest BCUT2D eigenvalue weighted by molar-refractivity contribution is -0.147. The summed E-state index contributed by atoms with van der Waals surface area (Å²) in [6, 6.07) is 15.5. The topological polar surface area (TPSA) is 84.9 Å². The average Bonchev–Trinajstić information content (AvgIpc) is 2.84. The molecule has 1 aliphatic rings. The number of methoxy groups -OCH3 is 1. The number of benzene rings is 2. The molecule has 3 atom stereocenters. The van der Waals surface area contributed by atoms with Crippen LogP contribution in [0, 0.1) is 5.92 Å². The molecule has 1 heterocycles. The lowest BCUT2D eigenvalue weighted by Crippen LogP contribution is -2.56. The summed E-state index contributed by atoms with van der Waals surface area (Å²) in [5.41, 5.74) is 2.83. The largest absolute Gasteiger partial charge is 0.467 e. The quantitative estimate of drug-likeness (QED) is 0.670. The Kier molecular flexibility index (Phi) is 7.87. The van der Waals surface area contributed by atoms with Crippen LogP contribution in [0.1, 0.15) is 37.0 Å². The van der Waals surface area contributed by atoms with Crippen LogP contribution < -0.4 is 5.32 Å². The Morgan fingerprint density at radius 1 is 1.06 bits per heavy atom. The van der Waals surface area contributed by atoms with E-state index >= 15 is 0 Å². The van der Waals surface area contributed by atoms with Crippen LogP contribution in [-0.4, -0.2) is 42.1 Å². The van der Waals surface area contributed by atoms with Gasteiger partial charge in [-0.15, -0.1) is 0 Å². The molecule has 0 bridgehead atoms. The van der Waals surface area contributed by atoms with Gasteiger partial charge >= 0.3 is 12.1 Å². The standard InChI is InChI=1S/C25H30N2O5/c1-4-17(2)22(24(29)31-3)26-23(28)21-14-19-12-8-9-13-20(19)15-27(21)25(30)32-16-18-10-6-5-7-11-18/h5-13,17,21-22H,4,14-16H2,1-3H3,(H,26,28)/t17-,21-,22-/m0/s1. The smallest absolute Gasteiger partial charge is 0.411 e. The Hall–Kier alpha value is -3.35. The van der Waals surface area contributed by atoms with Crippen molar-refractivity contribution in [1.29, 1.82) is 0 Å². The van der Waals surface area contributed by atoms with Gasteiger partial charge in [0.1, 0.15) is 18.7 Å². The highest BCUT2D eigenvalue weighted by atomic mass is 16.6. The maximum Gasteiger partial charge on any atom is 0.411 e. The van der Waals surface area contributed by atoms with Crippen LogP contribution in [0.15, 0.2) is 54.6 Å². The summed E-state index contributed by atoms with van der Waals surface area (Å²) in [6.07, 6.45) is 0.467. The second-order valence-corrected chi connectivity index (χ2v) is 8.05. The summed E-state index contributed by atoms with van der Waals surface area (Å²) >= 11 is 0. The Bertz CT molecular complexity index is 946. The molecular weight excluding hydrogens is 408 g/mol. The monoisotopic (exact) mass is 438 g/mol. The number of carbonyl (C=O) groups is 3. The number of fused-ring (bicyclic) bond motifs is 1. The zero-order chi connectivity index (χ0) is 23.1. The molecule has 32 heavy (non-hydrogen) atoms. The summed E-state index contributed by atoms with van der Waals surface area (Å²) in [4.78, 5) is 40.0. The molecule has 0 aliphatic carbocycles. The van der Waals surface area contributed by atoms with Crippen LogP contribution in [0.4, 0.5) is 4.79 Å². The van der Waals surface area contributed by atoms with Gasteiger partial charge in [0.25, 0.3) is 0 Å². The Balaban J connectivity index is 1.80. The van der Waals surface area contributed by atoms with Gasteiger partial charge in [0.2, 0.25) is 5.91 Å². The summed E-state index contributed by atoms with van der Waals surface area (Å²) in [6.45, 7) is 4.19. The molecule has 0 radical (unpaired) electrons. The minimum atomic E-state index is -0.788. The molecule has 2 aromatic rings. The van der Waals surface area contributed by atoms with Gasteiger partial charge in [-0.2, -0.15) is 0 Å². The van der Waals surface area contributed by atoms with Crippen molar-refractivity contribution in [2.75, 3.05) is 7.11 Å². The SMILES string of the molecule is CC[C@H](C)[C@H](NC(=O)[C@@H]1Cc2ccccc2CN1C(=O)OCc1ccccc1)C(=O)OC. The number of hydrogen-bond donors (Lipinski definition) is 1. The zero-order valence-corrected chi connectivity index (χ0v) is 18.7. The van der Waals surface area contributed by atoms with Crippen molar-refractivity contribution in [3.05, 3.63) is 71.3 Å². The van der Waals surface area contributed by atoms with E-state index in [-0.39, 0.29) is 19.1 Å². The summed E-state index contributed by atoms with van der Waals surface area (Å²) < 4.78 is 10.4. The summed E-state index contributed by atoms with van der Waals surface area (Å²) in [7, 11) is 1.30. The van der Waals surface area contributed by atoms with Crippen molar-refractivity contribution >= 4 is 18.0 Å². The molecule has 1 N–H and O–H groups in total. The maximum absolute atomic E-state index is 13.3. The molecule has 0 spiro atoms. The first-order chi connectivity index (χ1) is 15.4. The predicted molar refractivity (Wildman–Crippen MR) is 120 cm³/mol. The number of nitrogens with zero attached hydrogens (tertiary/aromatic N) is 1. The first-order valence-electron chi connectivity index (χ1n) is 10.9. The first-order valence-corrected chi connectivity index (χ1v) is 10.9. The Morgan fingerprint density at radius 3 is 2.38 bits per heavy atom. The van der Waals surface area contributed by atoms with Gasteiger partial charge < -0.3 is 14.8 Å². The number of esters is 1. The molecule has 0 saturated heterocycles. The minimum Gasteiger partial charge on any atom is -0.467 e. The lowest BCUT2D eigenvalue weighted by atomic mass is 9.93. The van der Waals surface area contributed by atoms with Gasteiger partial charge in [-0.05, 0) is 22.6 Å². The van der Waals surface area contributed by atoms with Crippen LogP contribution in [0.25, 0.3) is 0 Å². The third-order valence-electron chi connectivity index (χ3n) is 5.96. The van der Waals surface area contributed by atoms with Crippen molar-refractivity contribution in [3.8, 4) is 0 Å². The first kappa shape index (κ1) is 23.3. The Morgan fingerprint density at radius 2 is 1.72 bits per heavy atom. The van der Waals surface area contributed by atoms with Crippen molar-refractivity contribution in [1.82, 2.24) is 10.2 Å². The number of carbonyl (C=O) groups excluding carboxylic acids is 3. The van der Waals surface area contributed by atoms with Crippen molar-refractivity contribution in [2.24, 2.45) is 5.92 Å². The predicted octanol–water partition coefficient (Wildman–Crippen LogP) is 3.45. The molecule has 0 saturated carbocycles. The van der Waals surface area contributed by atoms with Gasteiger partial charge in [-0.1, -0.05) is 74.9 Å². The van der Waals surface area contributed by atoms with Gasteiger partial charge in [-0.25, -0.2) is 9.59 Å². The fourth-order valence-electron chi connectivity index (χ4n) is 3.80. The molecule has 7 nitrogen and oxygen atoms in total. The molecule has 3 rings (SSSR count). The van der Waals surface area contributed by atoms with E-state index in [1.54, 1.807) is 0 Å². The molecular formula is C25H30N2O5. The van der Waals surface area contributed by atoms with Crippen LogP contribution in [0.2, 0.25) is 0 Å². The molecule has 7 heteroatoms. The zero-order valence-electron chi connectivity index (χ0n) is 18.7. The van der Waals surface area contributed by atoms with E-state index in [2.05, 4.69) is 5.32 Å². The Labute approximate surface area is 188 Å². The van der Waals surface area contributed by atoms with E-state index in [4.69, 9.17) is 9.47 Å². The highest BCUT2D eigenvalue weighted by Gasteiger charge is 2.38. The van der Waals surface area contributed by atoms with Crippen LogP contribution in [-0.2, 0) is 38.6 Å². The third kappa shape index (κ3) is 5.46. The van der Waals surface area contributed by atoms with Gasteiger partial charge in [0, 0.05) is 6.42 Å². The van der Waals surface area contributed by atoms with Crippen LogP contribution in [0.3, 0.4) is 0 Å². The summed E-state index contributed by atoms with van der Waals surface area (Å²) in [5, 5.41) is 2.81. The van der Waals surface area contributed by atoms with E-state index in [9.17, 15) is 14.4 Å². The minimum absolute atomic E-state index is 0.110. The second kappa shape index (κ2) is 10.8. The average molecular weight is 439 g/mol. The molecule has 170 valence electrons. The van der Waals surface area contributed by atoms with Crippen molar-refractivity contribution < 1.29 is 23.9 Å². The number of rotatable bonds is 7. The second-order valence-electron chi connectivity index (χ2n) is 8.05. The summed E-state index contributed by atoms with van der Waals surface area (Å²) in [5.74, 6) is -1.00. The van der Waals surface area contributed by atoms with Crippen LogP contribution in [0.5, 0.6) is 0 Å². The molecule has 0 fully saturated rings. The highest BCUT2D eigenvalue weighted by molar-refractivity contribution is 5.90. The maximum atomic E-state index is 13.3. The van der Waals surface area contributed by atoms with E-state index in [0.717, 1.165) is 16.7 Å². The molecule has 2 aromatic carbocycles. The number of nitrogens with one attached hydrogen (secondary N) is 1. The van der Waals surface area contributed by atoms with Gasteiger partial charge in [0.05, 0.1) is 13.7 Å². The fourth-order valence-corrected chi connectivity index (χ4v) is 3.80. The molecule has 0 unspecified atom stereocenters.